The van der Waals surface area contributed by atoms with Crippen LogP contribution in [0.4, 0.5) is 0 Å². The van der Waals surface area contributed by atoms with Crippen molar-refractivity contribution in [2.75, 3.05) is 0 Å². The van der Waals surface area contributed by atoms with Crippen LogP contribution in [0.1, 0.15) is 10.5 Å². The number of hydrogen-bond donors (Lipinski definition) is 0. The Labute approximate surface area is 51.7 Å². The minimum absolute atomic E-state index is 0.130. The maximum absolute atomic E-state index is 10.2. The van der Waals surface area contributed by atoms with E-state index < -0.39 is 5.91 Å². The fourth-order valence-electron chi connectivity index (χ4n) is 0.425. The Bertz CT molecular complexity index is 209. The van der Waals surface area contributed by atoms with E-state index in [-0.39, 0.29) is 5.69 Å². The molecule has 45 valence electrons. The minimum Gasteiger partial charge on any atom is -0.266 e. The van der Waals surface area contributed by atoms with Gasteiger partial charge in [-0.1, -0.05) is 0 Å². The van der Waals surface area contributed by atoms with Crippen molar-refractivity contribution in [3.63, 3.8) is 0 Å². The van der Waals surface area contributed by atoms with Crippen LogP contribution in [0.5, 0.6) is 0 Å². The van der Waals surface area contributed by atoms with Crippen molar-refractivity contribution in [3.05, 3.63) is 24.3 Å². The summed E-state index contributed by atoms with van der Waals surface area (Å²) < 4.78 is 0. The number of carbonyl (C=O) groups excluding carboxylic acids is 1. The molecule has 0 unspecified atom stereocenters. The van der Waals surface area contributed by atoms with Crippen LogP contribution < -0.4 is 5.73 Å². The first-order valence-electron chi connectivity index (χ1n) is 2.32. The van der Waals surface area contributed by atoms with Gasteiger partial charge in [-0.2, -0.15) is 0 Å². The highest BCUT2D eigenvalue weighted by Gasteiger charge is 1.97. The lowest BCUT2D eigenvalue weighted by molar-refractivity contribution is 0.0987. The average Bonchev–Trinajstić information content (AvgIpc) is 1.90. The van der Waals surface area contributed by atoms with Crippen molar-refractivity contribution in [3.8, 4) is 0 Å². The smallest absolute Gasteiger partial charge is 0.266 e. The molecule has 0 bridgehead atoms. The Kier molecular flexibility index (Phi) is 1.40. The molecule has 0 spiro atoms. The molecule has 1 amide bonds. The van der Waals surface area contributed by atoms with Crippen molar-refractivity contribution >= 4 is 5.91 Å². The number of hydrogen-bond acceptors (Lipinski definition) is 3. The quantitative estimate of drug-likeness (QED) is 0.522. The van der Waals surface area contributed by atoms with E-state index in [9.17, 15) is 4.79 Å². The molecule has 0 saturated carbocycles. The zero-order valence-corrected chi connectivity index (χ0v) is 4.53. The van der Waals surface area contributed by atoms with Crippen molar-refractivity contribution in [2.45, 2.75) is 0 Å². The molecule has 0 aliphatic carbocycles. The summed E-state index contributed by atoms with van der Waals surface area (Å²) in [6.07, 6.45) is 2.66. The predicted octanol–water partition coefficient (Wildman–Crippen LogP) is -0.100. The monoisotopic (exact) mass is 122 g/mol. The van der Waals surface area contributed by atoms with Gasteiger partial charge < -0.3 is 0 Å². The Balaban J connectivity index is 2.98. The SMILES string of the molecule is [NH]C(=O)c1ccncn1. The van der Waals surface area contributed by atoms with E-state index >= 15 is 0 Å². The molecule has 0 aliphatic heterocycles. The molecule has 1 aromatic heterocycles. The molecule has 4 nitrogen and oxygen atoms in total. The summed E-state index contributed by atoms with van der Waals surface area (Å²) in [6, 6.07) is 1.40. The van der Waals surface area contributed by atoms with Gasteiger partial charge in [0.05, 0.1) is 0 Å². The molecule has 0 atom stereocenters. The lowest BCUT2D eigenvalue weighted by Crippen LogP contribution is -2.01. The minimum atomic E-state index is -0.780. The number of amides is 1. The van der Waals surface area contributed by atoms with E-state index in [2.05, 4.69) is 9.97 Å². The van der Waals surface area contributed by atoms with E-state index in [1.165, 1.54) is 18.6 Å². The molecule has 4 heteroatoms. The van der Waals surface area contributed by atoms with Crippen LogP contribution >= 0.6 is 0 Å². The highest BCUT2D eigenvalue weighted by molar-refractivity contribution is 5.89. The summed E-state index contributed by atoms with van der Waals surface area (Å²) in [4.78, 5) is 17.3. The third kappa shape index (κ3) is 1.22. The zero-order chi connectivity index (χ0) is 6.69. The first-order valence-corrected chi connectivity index (χ1v) is 2.32. The fourth-order valence-corrected chi connectivity index (χ4v) is 0.425. The Hall–Kier alpha value is -1.45. The second-order valence-electron chi connectivity index (χ2n) is 1.42. The third-order valence-electron chi connectivity index (χ3n) is 0.815. The highest BCUT2D eigenvalue weighted by Crippen LogP contribution is 1.87. The molecule has 1 rings (SSSR count). The lowest BCUT2D eigenvalue weighted by Gasteiger charge is -1.86. The molecule has 9 heavy (non-hydrogen) atoms. The molecule has 0 fully saturated rings. The van der Waals surface area contributed by atoms with Gasteiger partial charge in [-0.25, -0.2) is 9.97 Å². The van der Waals surface area contributed by atoms with Gasteiger partial charge in [0.25, 0.3) is 5.91 Å². The molecule has 1 aromatic rings. The molecule has 1 heterocycles. The van der Waals surface area contributed by atoms with Gasteiger partial charge in [-0.3, -0.25) is 10.5 Å². The highest BCUT2D eigenvalue weighted by atomic mass is 16.1. The molecular formula is C5H4N3O. The van der Waals surface area contributed by atoms with Crippen LogP contribution in [0.25, 0.3) is 0 Å². The Morgan fingerprint density at radius 2 is 2.44 bits per heavy atom. The van der Waals surface area contributed by atoms with Gasteiger partial charge >= 0.3 is 0 Å². The fraction of sp³-hybridized carbons (Fsp3) is 0. The molecule has 1 N–H and O–H groups in total. The largest absolute Gasteiger partial charge is 0.288 e. The average molecular weight is 122 g/mol. The number of nitrogens with one attached hydrogen (secondary N) is 1. The van der Waals surface area contributed by atoms with Crippen LogP contribution in [0, 0.1) is 0 Å². The first kappa shape index (κ1) is 5.68. The van der Waals surface area contributed by atoms with E-state index in [4.69, 9.17) is 5.73 Å². The summed E-state index contributed by atoms with van der Waals surface area (Å²) >= 11 is 0. The summed E-state index contributed by atoms with van der Waals surface area (Å²) in [5, 5.41) is 0. The predicted molar refractivity (Wildman–Crippen MR) is 29.5 cm³/mol. The van der Waals surface area contributed by atoms with Gasteiger partial charge in [-0.05, 0) is 6.07 Å². The van der Waals surface area contributed by atoms with Crippen LogP contribution in [0.3, 0.4) is 0 Å². The second-order valence-corrected chi connectivity index (χ2v) is 1.42. The van der Waals surface area contributed by atoms with Gasteiger partial charge in [0.1, 0.15) is 12.0 Å². The van der Waals surface area contributed by atoms with Crippen molar-refractivity contribution in [2.24, 2.45) is 0 Å². The lowest BCUT2D eigenvalue weighted by atomic mass is 10.4. The first-order chi connectivity index (χ1) is 4.30. The maximum atomic E-state index is 10.2. The normalized spacial score (nSPS) is 8.89. The summed E-state index contributed by atoms with van der Waals surface area (Å²) in [7, 11) is 0. The van der Waals surface area contributed by atoms with E-state index in [0.717, 1.165) is 0 Å². The molecule has 0 saturated heterocycles. The van der Waals surface area contributed by atoms with Crippen LogP contribution in [-0.4, -0.2) is 15.9 Å². The van der Waals surface area contributed by atoms with E-state index in [0.29, 0.717) is 0 Å². The number of rotatable bonds is 1. The third-order valence-corrected chi connectivity index (χ3v) is 0.815. The van der Waals surface area contributed by atoms with E-state index in [1.54, 1.807) is 0 Å². The summed E-state index contributed by atoms with van der Waals surface area (Å²) in [5.41, 5.74) is 6.72. The van der Waals surface area contributed by atoms with Crippen molar-refractivity contribution in [1.29, 1.82) is 0 Å². The van der Waals surface area contributed by atoms with Gasteiger partial charge in [-0.15, -0.1) is 0 Å². The maximum Gasteiger partial charge on any atom is 0.288 e. The number of aromatic nitrogens is 2. The van der Waals surface area contributed by atoms with Crippen LogP contribution in [0.15, 0.2) is 18.6 Å². The molecule has 1 radical (unpaired) electrons. The molecular weight excluding hydrogens is 118 g/mol. The standard InChI is InChI=1S/C5H4N3O/c6-5(9)4-1-2-7-3-8-4/h1-3,6H. The van der Waals surface area contributed by atoms with Crippen LogP contribution in [0.2, 0.25) is 0 Å². The van der Waals surface area contributed by atoms with Crippen LogP contribution in [-0.2, 0) is 0 Å². The second kappa shape index (κ2) is 2.21. The van der Waals surface area contributed by atoms with Crippen molar-refractivity contribution in [1.82, 2.24) is 15.7 Å². The molecule has 0 aromatic carbocycles. The van der Waals surface area contributed by atoms with E-state index in [1.807, 2.05) is 0 Å². The van der Waals surface area contributed by atoms with Gasteiger partial charge in [0, 0.05) is 6.20 Å². The zero-order valence-electron chi connectivity index (χ0n) is 4.53. The van der Waals surface area contributed by atoms with Gasteiger partial charge in [0.15, 0.2) is 0 Å². The van der Waals surface area contributed by atoms with Crippen molar-refractivity contribution < 1.29 is 4.79 Å². The molecule has 0 aliphatic rings. The van der Waals surface area contributed by atoms with Gasteiger partial charge in [0.2, 0.25) is 0 Å². The number of nitrogens with zero attached hydrogens (tertiary/aromatic N) is 2. The topological polar surface area (TPSA) is 66.7 Å². The number of carbonyl (C=O) groups is 1. The summed E-state index contributed by atoms with van der Waals surface area (Å²) in [6.45, 7) is 0. The Morgan fingerprint density at radius 3 is 2.78 bits per heavy atom. The Morgan fingerprint density at radius 1 is 1.67 bits per heavy atom. The summed E-state index contributed by atoms with van der Waals surface area (Å²) in [5.74, 6) is -0.780.